The Morgan fingerprint density at radius 2 is 2.15 bits per heavy atom. The molecule has 1 aromatic heterocycles. The molecule has 3 atom stereocenters. The summed E-state index contributed by atoms with van der Waals surface area (Å²) in [5, 5.41) is 10.8. The first-order chi connectivity index (χ1) is 13.2. The molecule has 1 aromatic carbocycles. The molecule has 144 valence electrons. The van der Waals surface area contributed by atoms with E-state index in [1.54, 1.807) is 4.68 Å². The fraction of sp³-hybridized carbons (Fsp3) is 0.500. The van der Waals surface area contributed by atoms with Gasteiger partial charge in [-0.25, -0.2) is 0 Å². The molecule has 3 heterocycles. The monoisotopic (exact) mass is 370 g/mol. The number of fused-ring (bicyclic) bond motifs is 1. The molecule has 27 heavy (non-hydrogen) atoms. The van der Waals surface area contributed by atoms with Crippen LogP contribution in [0, 0.1) is 5.92 Å². The lowest BCUT2D eigenvalue weighted by Gasteiger charge is -2.24. The molecule has 1 fully saturated rings. The third-order valence-electron chi connectivity index (χ3n) is 5.40. The van der Waals surface area contributed by atoms with E-state index in [1.165, 1.54) is 0 Å². The zero-order chi connectivity index (χ0) is 18.8. The highest BCUT2D eigenvalue weighted by molar-refractivity contribution is 5.81. The Morgan fingerprint density at radius 1 is 1.33 bits per heavy atom. The van der Waals surface area contributed by atoms with Gasteiger partial charge in [-0.2, -0.15) is 5.10 Å². The van der Waals surface area contributed by atoms with Crippen LogP contribution in [0.15, 0.2) is 30.6 Å². The first kappa shape index (κ1) is 17.9. The van der Waals surface area contributed by atoms with Crippen LogP contribution in [-0.4, -0.2) is 42.0 Å². The van der Waals surface area contributed by atoms with Crippen molar-refractivity contribution in [3.63, 3.8) is 0 Å². The van der Waals surface area contributed by atoms with E-state index in [-0.39, 0.29) is 23.8 Å². The zero-order valence-electron chi connectivity index (χ0n) is 15.8. The van der Waals surface area contributed by atoms with Gasteiger partial charge in [0.1, 0.15) is 13.2 Å². The van der Waals surface area contributed by atoms with Crippen molar-refractivity contribution in [2.75, 3.05) is 26.3 Å². The highest BCUT2D eigenvalue weighted by Crippen LogP contribution is 2.34. The Balaban J connectivity index is 1.48. The normalized spacial score (nSPS) is 22.4. The molecule has 2 aliphatic heterocycles. The number of carbonyl (C=O) groups is 1. The zero-order valence-corrected chi connectivity index (χ0v) is 15.8. The lowest BCUT2D eigenvalue weighted by molar-refractivity contribution is -0.125. The Kier molecular flexibility index (Phi) is 5.03. The first-order valence-corrected chi connectivity index (χ1v) is 9.55. The molecule has 7 heteroatoms. The number of hydrogen-bond acceptors (Lipinski definition) is 5. The van der Waals surface area contributed by atoms with Gasteiger partial charge in [0.2, 0.25) is 5.91 Å². The van der Waals surface area contributed by atoms with Crippen molar-refractivity contribution in [1.82, 2.24) is 20.4 Å². The topological polar surface area (TPSA) is 77.4 Å². The summed E-state index contributed by atoms with van der Waals surface area (Å²) in [6.45, 7) is 4.69. The molecule has 2 aliphatic rings. The number of rotatable bonds is 5. The predicted octanol–water partition coefficient (Wildman–Crippen LogP) is 1.76. The van der Waals surface area contributed by atoms with Crippen molar-refractivity contribution in [2.24, 2.45) is 13.0 Å². The lowest BCUT2D eigenvalue weighted by atomic mass is 9.89. The standard InChI is InChI=1S/C20H26N4O3/c1-3-17(13-4-5-18-19(8-13)27-7-6-26-18)23-20(25)16-11-21-10-15(16)14-9-22-24(2)12-14/h4-5,8-9,12,15-17,21H,3,6-7,10-11H2,1-2H3,(H,23,25)/t15-,16+,17?/m1/s1. The van der Waals surface area contributed by atoms with Gasteiger partial charge in [-0.3, -0.25) is 9.48 Å². The minimum atomic E-state index is -0.0968. The number of nitrogens with one attached hydrogen (secondary N) is 2. The van der Waals surface area contributed by atoms with Crippen LogP contribution < -0.4 is 20.1 Å². The summed E-state index contributed by atoms with van der Waals surface area (Å²) in [6.07, 6.45) is 4.66. The van der Waals surface area contributed by atoms with Gasteiger partial charge in [0.05, 0.1) is 18.2 Å². The molecule has 1 unspecified atom stereocenters. The van der Waals surface area contributed by atoms with Crippen LogP contribution in [0.2, 0.25) is 0 Å². The highest BCUT2D eigenvalue weighted by atomic mass is 16.6. The van der Waals surface area contributed by atoms with E-state index in [0.717, 1.165) is 35.6 Å². The average molecular weight is 370 g/mol. The molecule has 2 N–H and O–H groups in total. The van der Waals surface area contributed by atoms with Gasteiger partial charge in [0.15, 0.2) is 11.5 Å². The van der Waals surface area contributed by atoms with Crippen LogP contribution in [0.3, 0.4) is 0 Å². The second-order valence-corrected chi connectivity index (χ2v) is 7.19. The summed E-state index contributed by atoms with van der Waals surface area (Å²) >= 11 is 0. The van der Waals surface area contributed by atoms with E-state index < -0.39 is 0 Å². The summed E-state index contributed by atoms with van der Waals surface area (Å²) < 4.78 is 13.1. The highest BCUT2D eigenvalue weighted by Gasteiger charge is 2.35. The van der Waals surface area contributed by atoms with Gasteiger partial charge in [-0.05, 0) is 29.7 Å². The van der Waals surface area contributed by atoms with Gasteiger partial charge in [0.25, 0.3) is 0 Å². The minimum absolute atomic E-state index is 0.0523. The number of benzene rings is 1. The van der Waals surface area contributed by atoms with Gasteiger partial charge in [-0.1, -0.05) is 13.0 Å². The van der Waals surface area contributed by atoms with Gasteiger partial charge in [0, 0.05) is 32.3 Å². The van der Waals surface area contributed by atoms with Crippen LogP contribution in [0.4, 0.5) is 0 Å². The SMILES string of the molecule is CCC(NC(=O)[C@H]1CNC[C@@H]1c1cnn(C)c1)c1ccc2c(c1)OCCO2. The molecule has 4 rings (SSSR count). The largest absolute Gasteiger partial charge is 0.486 e. The van der Waals surface area contributed by atoms with E-state index in [2.05, 4.69) is 22.7 Å². The Bertz CT molecular complexity index is 819. The molecule has 7 nitrogen and oxygen atoms in total. The maximum Gasteiger partial charge on any atom is 0.225 e. The summed E-state index contributed by atoms with van der Waals surface area (Å²) in [6, 6.07) is 5.86. The number of hydrogen-bond donors (Lipinski definition) is 2. The summed E-state index contributed by atoms with van der Waals surface area (Å²) in [4.78, 5) is 13.0. The average Bonchev–Trinajstić information content (AvgIpc) is 3.34. The maximum atomic E-state index is 13.0. The first-order valence-electron chi connectivity index (χ1n) is 9.55. The van der Waals surface area contributed by atoms with Gasteiger partial charge >= 0.3 is 0 Å². The smallest absolute Gasteiger partial charge is 0.225 e. The Labute approximate surface area is 159 Å². The number of amides is 1. The fourth-order valence-electron chi connectivity index (χ4n) is 3.91. The maximum absolute atomic E-state index is 13.0. The van der Waals surface area contributed by atoms with Crippen molar-refractivity contribution < 1.29 is 14.3 Å². The summed E-state index contributed by atoms with van der Waals surface area (Å²) in [7, 11) is 1.90. The second-order valence-electron chi connectivity index (χ2n) is 7.19. The third kappa shape index (κ3) is 3.64. The van der Waals surface area contributed by atoms with Crippen LogP contribution in [0.25, 0.3) is 0 Å². The molecule has 2 aromatic rings. The van der Waals surface area contributed by atoms with Crippen molar-refractivity contribution in [2.45, 2.75) is 25.3 Å². The minimum Gasteiger partial charge on any atom is -0.486 e. The second kappa shape index (κ2) is 7.60. The number of aryl methyl sites for hydroxylation is 1. The van der Waals surface area contributed by atoms with E-state index in [4.69, 9.17) is 9.47 Å². The van der Waals surface area contributed by atoms with Crippen LogP contribution in [0.5, 0.6) is 11.5 Å². The van der Waals surface area contributed by atoms with E-state index in [0.29, 0.717) is 19.8 Å². The molecular formula is C20H26N4O3. The number of aromatic nitrogens is 2. The summed E-state index contributed by atoms with van der Waals surface area (Å²) in [5.74, 6) is 1.65. The Hall–Kier alpha value is -2.54. The third-order valence-corrected chi connectivity index (χ3v) is 5.40. The van der Waals surface area contributed by atoms with E-state index in [9.17, 15) is 4.79 Å². The van der Waals surface area contributed by atoms with Crippen LogP contribution in [0.1, 0.15) is 36.4 Å². The molecule has 0 saturated carbocycles. The number of carbonyl (C=O) groups excluding carboxylic acids is 1. The van der Waals surface area contributed by atoms with E-state index >= 15 is 0 Å². The van der Waals surface area contributed by atoms with Gasteiger partial charge in [-0.15, -0.1) is 0 Å². The summed E-state index contributed by atoms with van der Waals surface area (Å²) in [5.41, 5.74) is 2.15. The van der Waals surface area contributed by atoms with Crippen molar-refractivity contribution in [3.8, 4) is 11.5 Å². The molecule has 1 saturated heterocycles. The van der Waals surface area contributed by atoms with Crippen molar-refractivity contribution in [3.05, 3.63) is 41.7 Å². The molecule has 0 aliphatic carbocycles. The van der Waals surface area contributed by atoms with Crippen molar-refractivity contribution in [1.29, 1.82) is 0 Å². The van der Waals surface area contributed by atoms with Crippen molar-refractivity contribution >= 4 is 5.91 Å². The molecule has 0 radical (unpaired) electrons. The predicted molar refractivity (Wildman–Crippen MR) is 101 cm³/mol. The molecule has 0 bridgehead atoms. The number of ether oxygens (including phenoxy) is 2. The lowest BCUT2D eigenvalue weighted by Crippen LogP contribution is -2.36. The van der Waals surface area contributed by atoms with Crippen LogP contribution in [-0.2, 0) is 11.8 Å². The van der Waals surface area contributed by atoms with E-state index in [1.807, 2.05) is 37.6 Å². The molecule has 1 amide bonds. The Morgan fingerprint density at radius 3 is 2.89 bits per heavy atom. The molecule has 0 spiro atoms. The van der Waals surface area contributed by atoms with Crippen LogP contribution >= 0.6 is 0 Å². The fourth-order valence-corrected chi connectivity index (χ4v) is 3.91. The number of nitrogens with zero attached hydrogens (tertiary/aromatic N) is 2. The quantitative estimate of drug-likeness (QED) is 0.839. The molecular weight excluding hydrogens is 344 g/mol. The van der Waals surface area contributed by atoms with Gasteiger partial charge < -0.3 is 20.1 Å².